The van der Waals surface area contributed by atoms with E-state index < -0.39 is 6.10 Å². The molecule has 0 spiro atoms. The minimum atomic E-state index is -0.431. The van der Waals surface area contributed by atoms with E-state index in [1.807, 2.05) is 0 Å². The van der Waals surface area contributed by atoms with Crippen LogP contribution < -0.4 is 5.32 Å². The molecule has 0 unspecified atom stereocenters. The van der Waals surface area contributed by atoms with Crippen LogP contribution in [0.1, 0.15) is 23.7 Å². The Labute approximate surface area is 105 Å². The smallest absolute Gasteiger partial charge is 0.321 e. The maximum Gasteiger partial charge on any atom is 0.321 e. The number of urea groups is 1. The third-order valence-corrected chi connectivity index (χ3v) is 2.97. The van der Waals surface area contributed by atoms with Gasteiger partial charge in [-0.2, -0.15) is 0 Å². The van der Waals surface area contributed by atoms with Crippen LogP contribution >= 0.6 is 0 Å². The number of amides is 2. The van der Waals surface area contributed by atoms with Crippen LogP contribution in [-0.2, 0) is 0 Å². The van der Waals surface area contributed by atoms with Gasteiger partial charge < -0.3 is 15.3 Å². The van der Waals surface area contributed by atoms with Crippen LogP contribution in [0.4, 0.5) is 10.5 Å². The van der Waals surface area contributed by atoms with E-state index in [4.69, 9.17) is 0 Å². The Kier molecular flexibility index (Phi) is 3.62. The molecule has 2 N–H and O–H groups in total. The zero-order valence-electron chi connectivity index (χ0n) is 10.2. The van der Waals surface area contributed by atoms with Gasteiger partial charge in [-0.15, -0.1) is 0 Å². The molecule has 18 heavy (non-hydrogen) atoms. The predicted octanol–water partition coefficient (Wildman–Crippen LogP) is 1.49. The van der Waals surface area contributed by atoms with Crippen molar-refractivity contribution >= 4 is 17.5 Å². The lowest BCUT2D eigenvalue weighted by atomic mass is 10.1. The van der Waals surface area contributed by atoms with Gasteiger partial charge in [0.1, 0.15) is 0 Å². The van der Waals surface area contributed by atoms with Gasteiger partial charge in [0.05, 0.1) is 6.10 Å². The molecule has 1 saturated heterocycles. The first kappa shape index (κ1) is 12.6. The number of nitrogens with one attached hydrogen (secondary N) is 1. The fourth-order valence-electron chi connectivity index (χ4n) is 1.94. The van der Waals surface area contributed by atoms with Gasteiger partial charge >= 0.3 is 6.03 Å². The molecule has 2 rings (SSSR count). The summed E-state index contributed by atoms with van der Waals surface area (Å²) in [5.74, 6) is -0.0392. The highest BCUT2D eigenvalue weighted by atomic mass is 16.3. The highest BCUT2D eigenvalue weighted by molar-refractivity contribution is 5.96. The minimum Gasteiger partial charge on any atom is -0.391 e. The first-order valence-electron chi connectivity index (χ1n) is 5.91. The number of aliphatic hydroxyl groups is 1. The van der Waals surface area contributed by atoms with Crippen LogP contribution in [0.2, 0.25) is 0 Å². The third-order valence-electron chi connectivity index (χ3n) is 2.97. The summed E-state index contributed by atoms with van der Waals surface area (Å²) in [6, 6.07) is 6.57. The normalized spacial score (nSPS) is 18.8. The molecule has 5 nitrogen and oxygen atoms in total. The fraction of sp³-hybridized carbons (Fsp3) is 0.385. The predicted molar refractivity (Wildman–Crippen MR) is 67.7 cm³/mol. The molecule has 1 aliphatic rings. The van der Waals surface area contributed by atoms with Crippen LogP contribution in [-0.4, -0.2) is 41.0 Å². The second-order valence-electron chi connectivity index (χ2n) is 4.46. The maximum absolute atomic E-state index is 11.9. The number of hydrogen-bond donors (Lipinski definition) is 2. The number of likely N-dealkylation sites (tertiary alicyclic amines) is 1. The Morgan fingerprint density at radius 1 is 1.44 bits per heavy atom. The summed E-state index contributed by atoms with van der Waals surface area (Å²) in [4.78, 5) is 24.6. The first-order valence-corrected chi connectivity index (χ1v) is 5.91. The molecule has 0 aromatic heterocycles. The lowest BCUT2D eigenvalue weighted by molar-refractivity contribution is 0.101. The Balaban J connectivity index is 2.03. The van der Waals surface area contributed by atoms with Crippen molar-refractivity contribution in [3.05, 3.63) is 29.8 Å². The van der Waals surface area contributed by atoms with Gasteiger partial charge in [0.15, 0.2) is 5.78 Å². The minimum absolute atomic E-state index is 0.0392. The average Bonchev–Trinajstić information content (AvgIpc) is 2.76. The molecule has 0 saturated carbocycles. The van der Waals surface area contributed by atoms with Gasteiger partial charge in [-0.25, -0.2) is 4.79 Å². The number of carbonyl (C=O) groups is 2. The van der Waals surface area contributed by atoms with Crippen molar-refractivity contribution in [1.82, 2.24) is 4.90 Å². The second-order valence-corrected chi connectivity index (χ2v) is 4.46. The number of ketones is 1. The van der Waals surface area contributed by atoms with Crippen molar-refractivity contribution in [2.45, 2.75) is 19.4 Å². The number of hydrogen-bond acceptors (Lipinski definition) is 3. The molecule has 0 bridgehead atoms. The van der Waals surface area contributed by atoms with Gasteiger partial charge in [0.25, 0.3) is 0 Å². The van der Waals surface area contributed by atoms with Gasteiger partial charge in [-0.05, 0) is 25.5 Å². The van der Waals surface area contributed by atoms with Crippen molar-refractivity contribution in [2.24, 2.45) is 0 Å². The Morgan fingerprint density at radius 2 is 2.22 bits per heavy atom. The quantitative estimate of drug-likeness (QED) is 0.779. The Morgan fingerprint density at radius 3 is 2.83 bits per heavy atom. The monoisotopic (exact) mass is 248 g/mol. The summed E-state index contributed by atoms with van der Waals surface area (Å²) in [6.45, 7) is 2.40. The van der Waals surface area contributed by atoms with Gasteiger partial charge in [-0.1, -0.05) is 12.1 Å². The molecule has 5 heteroatoms. The van der Waals surface area contributed by atoms with E-state index in [1.165, 1.54) is 6.92 Å². The van der Waals surface area contributed by atoms with E-state index >= 15 is 0 Å². The molecule has 0 aliphatic carbocycles. The van der Waals surface area contributed by atoms with Crippen LogP contribution in [0.3, 0.4) is 0 Å². The molecule has 2 amide bonds. The second kappa shape index (κ2) is 5.18. The highest BCUT2D eigenvalue weighted by Crippen LogP contribution is 2.14. The van der Waals surface area contributed by atoms with E-state index in [-0.39, 0.29) is 11.8 Å². The molecule has 1 heterocycles. The van der Waals surface area contributed by atoms with Crippen LogP contribution in [0, 0.1) is 0 Å². The zero-order valence-corrected chi connectivity index (χ0v) is 10.2. The molecule has 1 aromatic carbocycles. The van der Waals surface area contributed by atoms with Gasteiger partial charge in [-0.3, -0.25) is 4.79 Å². The van der Waals surface area contributed by atoms with Crippen molar-refractivity contribution in [2.75, 3.05) is 18.4 Å². The molecule has 1 fully saturated rings. The number of aliphatic hydroxyl groups excluding tert-OH is 1. The molecule has 1 aromatic rings. The van der Waals surface area contributed by atoms with E-state index in [0.29, 0.717) is 30.8 Å². The van der Waals surface area contributed by atoms with E-state index in [1.54, 1.807) is 29.2 Å². The van der Waals surface area contributed by atoms with Crippen molar-refractivity contribution < 1.29 is 14.7 Å². The fourth-order valence-corrected chi connectivity index (χ4v) is 1.94. The number of Topliss-reactive ketones (excluding diaryl/α,β-unsaturated/α-hetero) is 1. The zero-order chi connectivity index (χ0) is 13.1. The van der Waals surface area contributed by atoms with Crippen molar-refractivity contribution in [3.63, 3.8) is 0 Å². The van der Waals surface area contributed by atoms with E-state index in [0.717, 1.165) is 0 Å². The topological polar surface area (TPSA) is 69.6 Å². The van der Waals surface area contributed by atoms with E-state index in [9.17, 15) is 14.7 Å². The van der Waals surface area contributed by atoms with Gasteiger partial charge in [0.2, 0.25) is 0 Å². The van der Waals surface area contributed by atoms with Crippen LogP contribution in [0.5, 0.6) is 0 Å². The van der Waals surface area contributed by atoms with E-state index in [2.05, 4.69) is 5.32 Å². The van der Waals surface area contributed by atoms with Crippen molar-refractivity contribution in [3.8, 4) is 0 Å². The summed E-state index contributed by atoms with van der Waals surface area (Å²) in [5.41, 5.74) is 1.16. The molecule has 1 atom stereocenters. The summed E-state index contributed by atoms with van der Waals surface area (Å²) in [7, 11) is 0. The number of benzene rings is 1. The average molecular weight is 248 g/mol. The molecular formula is C13H16N2O3. The largest absolute Gasteiger partial charge is 0.391 e. The number of anilines is 1. The number of rotatable bonds is 2. The third kappa shape index (κ3) is 2.87. The highest BCUT2D eigenvalue weighted by Gasteiger charge is 2.24. The number of carbonyl (C=O) groups excluding carboxylic acids is 2. The lowest BCUT2D eigenvalue weighted by Crippen LogP contribution is -2.33. The summed E-state index contributed by atoms with van der Waals surface area (Å²) in [6.07, 6.45) is 0.181. The summed E-state index contributed by atoms with van der Waals surface area (Å²) >= 11 is 0. The number of nitrogens with zero attached hydrogens (tertiary/aromatic N) is 1. The van der Waals surface area contributed by atoms with Gasteiger partial charge in [0, 0.05) is 24.3 Å². The Bertz CT molecular complexity index is 473. The summed E-state index contributed by atoms with van der Waals surface area (Å²) < 4.78 is 0. The van der Waals surface area contributed by atoms with Crippen LogP contribution in [0.25, 0.3) is 0 Å². The standard InChI is InChI=1S/C13H16N2O3/c1-9(16)10-3-2-4-11(7-10)14-13(18)15-6-5-12(17)8-15/h2-4,7,12,17H,5-6,8H2,1H3,(H,14,18)/t12-/m0/s1. The molecule has 0 radical (unpaired) electrons. The SMILES string of the molecule is CC(=O)c1cccc(NC(=O)N2CC[C@H](O)C2)c1. The molecule has 96 valence electrons. The van der Waals surface area contributed by atoms with Crippen molar-refractivity contribution in [1.29, 1.82) is 0 Å². The first-order chi connectivity index (χ1) is 8.56. The van der Waals surface area contributed by atoms with Crippen LogP contribution in [0.15, 0.2) is 24.3 Å². The lowest BCUT2D eigenvalue weighted by Gasteiger charge is -2.16. The molecule has 1 aliphatic heterocycles. The maximum atomic E-state index is 11.9. The Hall–Kier alpha value is -1.88. The summed E-state index contributed by atoms with van der Waals surface area (Å²) in [5, 5.41) is 12.1. The number of β-amino-alcohol motifs (C(OH)–C–C–N with tert-alkyl or cyclic N) is 1. The molecular weight excluding hydrogens is 232 g/mol.